The van der Waals surface area contributed by atoms with E-state index in [0.717, 1.165) is 22.6 Å². The molecule has 0 atom stereocenters. The van der Waals surface area contributed by atoms with Crippen LogP contribution in [-0.4, -0.2) is 27.8 Å². The van der Waals surface area contributed by atoms with Crippen LogP contribution in [0.5, 0.6) is 5.75 Å². The minimum Gasteiger partial charge on any atom is -0.497 e. The van der Waals surface area contributed by atoms with E-state index >= 15 is 0 Å². The molecule has 7 nitrogen and oxygen atoms in total. The Labute approximate surface area is 194 Å². The first-order valence-corrected chi connectivity index (χ1v) is 11.2. The maximum absolute atomic E-state index is 12.3. The number of halogens is 1. The summed E-state index contributed by atoms with van der Waals surface area (Å²) in [6, 6.07) is 16.8. The van der Waals surface area contributed by atoms with E-state index in [-0.39, 0.29) is 18.2 Å². The molecule has 0 aliphatic heterocycles. The zero-order valence-electron chi connectivity index (χ0n) is 17.5. The lowest BCUT2D eigenvalue weighted by Gasteiger charge is -2.14. The Hall–Kier alpha value is -3.23. The highest BCUT2D eigenvalue weighted by atomic mass is 35.5. The zero-order chi connectivity index (χ0) is 22.5. The van der Waals surface area contributed by atoms with Crippen molar-refractivity contribution in [3.8, 4) is 11.4 Å². The molecule has 0 aliphatic carbocycles. The number of aromatic nitrogens is 3. The second-order valence-electron chi connectivity index (χ2n) is 6.97. The number of ether oxygens (including phenoxy) is 1. The summed E-state index contributed by atoms with van der Waals surface area (Å²) < 4.78 is 12.4. The summed E-state index contributed by atoms with van der Waals surface area (Å²) in [7, 11) is 1.65. The van der Waals surface area contributed by atoms with Gasteiger partial charge in [0.2, 0.25) is 0 Å². The number of nitrogens with zero attached hydrogens (tertiary/aromatic N) is 3. The summed E-state index contributed by atoms with van der Waals surface area (Å²) >= 11 is 7.82. The third-order valence-electron chi connectivity index (χ3n) is 4.77. The Morgan fingerprint density at radius 3 is 2.84 bits per heavy atom. The van der Waals surface area contributed by atoms with Crippen LogP contribution in [0.4, 0.5) is 0 Å². The molecular weight excluding hydrogens is 448 g/mol. The molecule has 0 fully saturated rings. The van der Waals surface area contributed by atoms with Gasteiger partial charge >= 0.3 is 0 Å². The van der Waals surface area contributed by atoms with Gasteiger partial charge in [-0.05, 0) is 54.4 Å². The third-order valence-corrected chi connectivity index (χ3v) is 6.00. The average Bonchev–Trinajstić information content (AvgIpc) is 3.48. The maximum atomic E-state index is 12.3. The largest absolute Gasteiger partial charge is 0.497 e. The first kappa shape index (κ1) is 22.0. The van der Waals surface area contributed by atoms with E-state index in [4.69, 9.17) is 20.8 Å². The first-order chi connectivity index (χ1) is 15.5. The molecule has 0 bridgehead atoms. The predicted molar refractivity (Wildman–Crippen MR) is 124 cm³/mol. The molecule has 1 N–H and O–H groups in total. The molecule has 4 rings (SSSR count). The van der Waals surface area contributed by atoms with Crippen molar-refractivity contribution < 1.29 is 13.9 Å². The van der Waals surface area contributed by atoms with E-state index in [1.807, 2.05) is 54.0 Å². The molecule has 0 saturated heterocycles. The number of thioether (sulfide) groups is 1. The molecule has 1 amide bonds. The van der Waals surface area contributed by atoms with Gasteiger partial charge in [-0.2, -0.15) is 0 Å². The Balaban J connectivity index is 1.62. The van der Waals surface area contributed by atoms with Crippen molar-refractivity contribution >= 4 is 29.3 Å². The SMILES string of the molecule is COc1cccc(CSc2nnc(CNC(=O)c3ccco3)n2-c2cc(Cl)ccc2C)c1. The van der Waals surface area contributed by atoms with Crippen molar-refractivity contribution in [3.63, 3.8) is 0 Å². The van der Waals surface area contributed by atoms with Crippen molar-refractivity contribution in [3.05, 3.63) is 88.6 Å². The van der Waals surface area contributed by atoms with Gasteiger partial charge in [0, 0.05) is 10.8 Å². The number of nitrogens with one attached hydrogen (secondary N) is 1. The molecule has 2 aromatic heterocycles. The minimum atomic E-state index is -0.321. The number of amides is 1. The number of carbonyl (C=O) groups excluding carboxylic acids is 1. The lowest BCUT2D eigenvalue weighted by molar-refractivity contribution is 0.0922. The topological polar surface area (TPSA) is 82.2 Å². The van der Waals surface area contributed by atoms with E-state index in [0.29, 0.717) is 21.8 Å². The molecule has 0 radical (unpaired) electrons. The van der Waals surface area contributed by atoms with E-state index in [2.05, 4.69) is 15.5 Å². The highest BCUT2D eigenvalue weighted by Crippen LogP contribution is 2.29. The monoisotopic (exact) mass is 468 g/mol. The van der Waals surface area contributed by atoms with E-state index in [1.54, 1.807) is 31.0 Å². The average molecular weight is 469 g/mol. The number of carbonyl (C=O) groups is 1. The molecule has 0 spiro atoms. The summed E-state index contributed by atoms with van der Waals surface area (Å²) in [5.74, 6) is 1.98. The number of methoxy groups -OCH3 is 1. The van der Waals surface area contributed by atoms with Gasteiger partial charge in [-0.3, -0.25) is 9.36 Å². The second-order valence-corrected chi connectivity index (χ2v) is 8.34. The Kier molecular flexibility index (Phi) is 6.82. The fourth-order valence-corrected chi connectivity index (χ4v) is 4.21. The normalized spacial score (nSPS) is 10.8. The molecule has 2 heterocycles. The molecule has 32 heavy (non-hydrogen) atoms. The number of benzene rings is 2. The van der Waals surface area contributed by atoms with Crippen LogP contribution in [0.1, 0.15) is 27.5 Å². The number of rotatable bonds is 8. The Morgan fingerprint density at radius 2 is 2.06 bits per heavy atom. The maximum Gasteiger partial charge on any atom is 0.287 e. The summed E-state index contributed by atoms with van der Waals surface area (Å²) in [6.45, 7) is 2.17. The Bertz CT molecular complexity index is 1220. The van der Waals surface area contributed by atoms with Gasteiger partial charge in [0.25, 0.3) is 5.91 Å². The van der Waals surface area contributed by atoms with Crippen molar-refractivity contribution in [2.24, 2.45) is 0 Å². The van der Waals surface area contributed by atoms with E-state index in [9.17, 15) is 4.79 Å². The zero-order valence-corrected chi connectivity index (χ0v) is 19.1. The van der Waals surface area contributed by atoms with E-state index < -0.39 is 0 Å². The summed E-state index contributed by atoms with van der Waals surface area (Å²) in [6.07, 6.45) is 1.46. The van der Waals surface area contributed by atoms with Crippen LogP contribution in [0.2, 0.25) is 5.02 Å². The predicted octanol–water partition coefficient (Wildman–Crippen LogP) is 5.05. The molecule has 164 valence electrons. The van der Waals surface area contributed by atoms with Crippen molar-refractivity contribution in [1.29, 1.82) is 0 Å². The van der Waals surface area contributed by atoms with Crippen molar-refractivity contribution in [2.75, 3.05) is 7.11 Å². The van der Waals surface area contributed by atoms with Crippen LogP contribution in [0.3, 0.4) is 0 Å². The first-order valence-electron chi connectivity index (χ1n) is 9.83. The van der Waals surface area contributed by atoms with Gasteiger partial charge in [0.05, 0.1) is 25.6 Å². The second kappa shape index (κ2) is 9.93. The molecule has 9 heteroatoms. The fraction of sp³-hybridized carbons (Fsp3) is 0.174. The molecule has 0 unspecified atom stereocenters. The van der Waals surface area contributed by atoms with Gasteiger partial charge in [-0.25, -0.2) is 0 Å². The molecule has 2 aromatic carbocycles. The fourth-order valence-electron chi connectivity index (χ4n) is 3.14. The van der Waals surface area contributed by atoms with Crippen LogP contribution in [-0.2, 0) is 12.3 Å². The van der Waals surface area contributed by atoms with Gasteiger partial charge in [0.1, 0.15) is 5.75 Å². The van der Waals surface area contributed by atoms with Crippen LogP contribution in [0.15, 0.2) is 70.4 Å². The van der Waals surface area contributed by atoms with Crippen LogP contribution in [0.25, 0.3) is 5.69 Å². The number of aryl methyl sites for hydroxylation is 1. The molecule has 4 aromatic rings. The summed E-state index contributed by atoms with van der Waals surface area (Å²) in [5.41, 5.74) is 2.97. The van der Waals surface area contributed by atoms with Crippen molar-refractivity contribution in [1.82, 2.24) is 20.1 Å². The smallest absolute Gasteiger partial charge is 0.287 e. The molecule has 0 saturated carbocycles. The standard InChI is InChI=1S/C23H21ClN4O3S/c1-15-8-9-17(24)12-19(15)28-21(13-25-22(29)20-7-4-10-31-20)26-27-23(28)32-14-16-5-3-6-18(11-16)30-2/h3-12H,13-14H2,1-2H3,(H,25,29). The minimum absolute atomic E-state index is 0.179. The van der Waals surface area contributed by atoms with Gasteiger partial charge in [0.15, 0.2) is 16.7 Å². The summed E-state index contributed by atoms with van der Waals surface area (Å²) in [5, 5.41) is 12.9. The van der Waals surface area contributed by atoms with Crippen LogP contribution < -0.4 is 10.1 Å². The number of hydrogen-bond acceptors (Lipinski definition) is 6. The lowest BCUT2D eigenvalue weighted by atomic mass is 10.2. The highest BCUT2D eigenvalue weighted by Gasteiger charge is 2.18. The molecular formula is C23H21ClN4O3S. The third kappa shape index (κ3) is 4.98. The quantitative estimate of drug-likeness (QED) is 0.364. The summed E-state index contributed by atoms with van der Waals surface area (Å²) in [4.78, 5) is 12.3. The van der Waals surface area contributed by atoms with Crippen LogP contribution in [0, 0.1) is 6.92 Å². The van der Waals surface area contributed by atoms with Gasteiger partial charge < -0.3 is 14.5 Å². The Morgan fingerprint density at radius 1 is 1.19 bits per heavy atom. The van der Waals surface area contributed by atoms with Crippen LogP contribution >= 0.6 is 23.4 Å². The van der Waals surface area contributed by atoms with Gasteiger partial charge in [-0.1, -0.05) is 41.6 Å². The van der Waals surface area contributed by atoms with Crippen molar-refractivity contribution in [2.45, 2.75) is 24.4 Å². The van der Waals surface area contributed by atoms with E-state index in [1.165, 1.54) is 6.26 Å². The number of hydrogen-bond donors (Lipinski definition) is 1. The lowest BCUT2D eigenvalue weighted by Crippen LogP contribution is -2.24. The molecule has 0 aliphatic rings. The van der Waals surface area contributed by atoms with Gasteiger partial charge in [-0.15, -0.1) is 10.2 Å². The highest BCUT2D eigenvalue weighted by molar-refractivity contribution is 7.98. The number of furan rings is 1.